The van der Waals surface area contributed by atoms with E-state index in [4.69, 9.17) is 52.8 Å². The lowest BCUT2D eigenvalue weighted by molar-refractivity contribution is -0.193. The number of para-hydroxylation sites is 1. The number of rotatable bonds is 23. The minimum absolute atomic E-state index is 0.0236. The van der Waals surface area contributed by atoms with Crippen LogP contribution in [0.4, 0.5) is 39.5 Å². The Morgan fingerprint density at radius 1 is 0.461 bits per heavy atom. The van der Waals surface area contributed by atoms with E-state index >= 15 is 0 Å². The number of phenolic OH excluding ortho intramolecular Hbond substituents is 1. The normalized spacial score (nSPS) is 17.4. The molecule has 6 heterocycles. The monoisotopic (exact) mass is 1640 g/mol. The highest BCUT2D eigenvalue weighted by molar-refractivity contribution is 6.76. The minimum Gasteiger partial charge on any atom is -0.508 e. The van der Waals surface area contributed by atoms with E-state index in [1.54, 1.807) is 42.9 Å². The Bertz CT molecular complexity index is 4390. The number of benzene rings is 3. The molecule has 32 heteroatoms. The summed E-state index contributed by atoms with van der Waals surface area (Å²) in [7, 11) is -2.58. The summed E-state index contributed by atoms with van der Waals surface area (Å²) in [5, 5.41) is 18.1. The number of aromatic nitrogens is 9. The zero-order chi connectivity index (χ0) is 84.4. The van der Waals surface area contributed by atoms with E-state index < -0.39 is 51.8 Å². The van der Waals surface area contributed by atoms with Gasteiger partial charge in [0.1, 0.15) is 53.9 Å². The summed E-state index contributed by atoms with van der Waals surface area (Å²) in [6.07, 6.45) is 7.24. The van der Waals surface area contributed by atoms with Gasteiger partial charge in [-0.1, -0.05) is 81.7 Å². The van der Waals surface area contributed by atoms with E-state index in [2.05, 4.69) is 93.2 Å². The number of alkyl halides is 9. The van der Waals surface area contributed by atoms with Crippen LogP contribution >= 0.6 is 0 Å². The second kappa shape index (κ2) is 45.9. The lowest BCUT2D eigenvalue weighted by atomic mass is 9.80. The predicted molar refractivity (Wildman–Crippen MR) is 414 cm³/mol. The summed E-state index contributed by atoms with van der Waals surface area (Å²) in [5.41, 5.74) is 4.13. The van der Waals surface area contributed by atoms with Crippen molar-refractivity contribution in [2.45, 2.75) is 192 Å². The summed E-state index contributed by atoms with van der Waals surface area (Å²) in [5.74, 6) is 5.23. The SMILES string of the molecule is C[Si](C)(C)CCOCn1cc(C(F)(F)F)nc1-c1ccc(C2CCC(CO)CC2)nc1.Cc1cccc(O)c1.Cc1cccc(OCC2CCC(c3ccc(-c4nc(C(F)(F)F)cn4COCC[Si](C)(C)C)cn3)CC2)c1.FC(F)(F)c1cnc(-c2ccc(C3CCC(COc4ccccc4)CC3)nc2)[nH]1.O=C=O.O=C=O.O=C=O. The van der Waals surface area contributed by atoms with Crippen molar-refractivity contribution in [3.63, 3.8) is 0 Å². The second-order valence-corrected chi connectivity index (χ2v) is 42.0. The van der Waals surface area contributed by atoms with Crippen LogP contribution in [0.25, 0.3) is 34.2 Å². The topological polar surface area (TPSA) is 283 Å². The van der Waals surface area contributed by atoms with Crippen molar-refractivity contribution in [2.24, 2.45) is 17.8 Å². The molecule has 0 aliphatic heterocycles. The maximum absolute atomic E-state index is 13.4. The number of aromatic amines is 1. The number of hydrogen-bond donors (Lipinski definition) is 3. The Hall–Kier alpha value is -10.0. The van der Waals surface area contributed by atoms with Gasteiger partial charge in [-0.15, -0.1) is 0 Å². The number of aliphatic hydroxyl groups excluding tert-OH is 1. The van der Waals surface area contributed by atoms with Gasteiger partial charge in [0, 0.05) is 118 Å². The van der Waals surface area contributed by atoms with E-state index in [1.165, 1.54) is 14.7 Å². The highest BCUT2D eigenvalue weighted by Crippen LogP contribution is 2.41. The first-order valence-electron chi connectivity index (χ1n) is 37.7. The van der Waals surface area contributed by atoms with Crippen molar-refractivity contribution in [1.29, 1.82) is 0 Å². The van der Waals surface area contributed by atoms with Gasteiger partial charge in [0.25, 0.3) is 0 Å². The van der Waals surface area contributed by atoms with Gasteiger partial charge in [0.2, 0.25) is 0 Å². The molecule has 620 valence electrons. The zero-order valence-electron chi connectivity index (χ0n) is 65.7. The van der Waals surface area contributed by atoms with E-state index in [1.807, 2.05) is 85.8 Å². The number of imidazole rings is 3. The molecule has 6 aromatic heterocycles. The maximum atomic E-state index is 13.4. The molecule has 3 aliphatic rings. The molecule has 3 fully saturated rings. The van der Waals surface area contributed by atoms with Crippen molar-refractivity contribution in [3.05, 3.63) is 198 Å². The Morgan fingerprint density at radius 3 is 1.18 bits per heavy atom. The van der Waals surface area contributed by atoms with Gasteiger partial charge in [0.05, 0.1) is 19.4 Å². The number of nitrogens with one attached hydrogen (secondary N) is 1. The maximum Gasteiger partial charge on any atom is 0.434 e. The third-order valence-electron chi connectivity index (χ3n) is 19.4. The summed E-state index contributed by atoms with van der Waals surface area (Å²) in [6, 6.07) is 38.1. The van der Waals surface area contributed by atoms with E-state index in [-0.39, 0.29) is 56.0 Å². The highest BCUT2D eigenvalue weighted by atomic mass is 28.3. The number of pyridine rings is 3. The van der Waals surface area contributed by atoms with Crippen molar-refractivity contribution in [1.82, 2.24) is 44.0 Å². The highest BCUT2D eigenvalue weighted by Gasteiger charge is 2.38. The summed E-state index contributed by atoms with van der Waals surface area (Å²) in [4.78, 5) is 76.3. The first-order chi connectivity index (χ1) is 54.6. The molecule has 0 amide bonds. The van der Waals surface area contributed by atoms with Crippen molar-refractivity contribution < 1.29 is 97.4 Å². The fourth-order valence-corrected chi connectivity index (χ4v) is 14.5. The third-order valence-corrected chi connectivity index (χ3v) is 22.8. The lowest BCUT2D eigenvalue weighted by Crippen LogP contribution is -2.22. The molecule has 0 unspecified atom stereocenters. The number of phenols is 1. The molecule has 0 bridgehead atoms. The predicted octanol–water partition coefficient (Wildman–Crippen LogP) is 19.3. The van der Waals surface area contributed by atoms with Gasteiger partial charge < -0.3 is 43.3 Å². The van der Waals surface area contributed by atoms with Gasteiger partial charge >= 0.3 is 37.0 Å². The van der Waals surface area contributed by atoms with Crippen LogP contribution in [0.1, 0.15) is 140 Å². The Labute approximate surface area is 664 Å². The number of aromatic hydroxyl groups is 1. The molecule has 115 heavy (non-hydrogen) atoms. The third kappa shape index (κ3) is 33.0. The number of halogens is 9. The minimum atomic E-state index is -4.52. The van der Waals surface area contributed by atoms with Crippen LogP contribution in [-0.2, 0) is 70.2 Å². The lowest BCUT2D eigenvalue weighted by Gasteiger charge is -2.28. The van der Waals surface area contributed by atoms with Gasteiger partial charge in [-0.05, 0) is 205 Å². The zero-order valence-corrected chi connectivity index (χ0v) is 67.7. The molecule has 3 N–H and O–H groups in total. The summed E-state index contributed by atoms with van der Waals surface area (Å²) >= 11 is 0. The fourth-order valence-electron chi connectivity index (χ4n) is 13.0. The van der Waals surface area contributed by atoms with Crippen molar-refractivity contribution in [3.8, 4) is 51.4 Å². The fraction of sp³-hybridized carbons (Fsp3) is 0.458. The molecule has 0 atom stereocenters. The molecule has 0 saturated heterocycles. The van der Waals surface area contributed by atoms with Crippen molar-refractivity contribution in [2.75, 3.05) is 33.0 Å². The number of H-pyrrole nitrogens is 1. The molecule has 0 spiro atoms. The number of carbonyl (C=O) groups excluding carboxylic acids is 6. The molecular weight excluding hydrogens is 1540 g/mol. The number of nitrogens with zero attached hydrogens (tertiary/aromatic N) is 8. The largest absolute Gasteiger partial charge is 0.508 e. The van der Waals surface area contributed by atoms with Crippen LogP contribution in [0, 0.1) is 31.6 Å². The van der Waals surface area contributed by atoms with Crippen LogP contribution in [0.5, 0.6) is 17.2 Å². The molecule has 9 aromatic rings. The van der Waals surface area contributed by atoms with Crippen LogP contribution in [0.2, 0.25) is 51.4 Å². The number of hydrogen-bond acceptors (Lipinski definition) is 18. The molecule has 3 aliphatic carbocycles. The average molecular weight is 1640 g/mol. The van der Waals surface area contributed by atoms with Crippen LogP contribution in [0.15, 0.2) is 152 Å². The first-order valence-corrected chi connectivity index (χ1v) is 45.2. The standard InChI is InChI=1S/C29H38F3N3O2Si.C22H32F3N3O2Si.C22H22F3N3O.C7H8O.3CO2/c1-21-6-5-7-25(16-21)37-19-22-8-10-23(11-9-22)26-13-12-24(17-33-26)28-34-27(29(30,31)32)18-35(28)20-36-14-15-38(2,3)4;1-31(2,3)11-10-30-15-28-13-20(22(23,24)25)27-21(28)18-8-9-19(26-12-18)17-6-4-16(14-29)5-7-17;23-22(24,25)20-13-27-21(28-20)17-10-11-19(26-12-17)16-8-6-15(7-9-16)14-29-18-4-2-1-3-5-18;1-6-3-2-4-7(8)5-6;3*2-1-3/h5-7,12-13,16-18,22-23H,8-11,14-15,19-20H2,1-4H3;8-9,12-13,16-17,29H,4-7,10-11,14-15H2,1-3H3;1-5,10-13,15-16H,6-9,14H2,(H,27,28);2-5,8H,1H3;;;. The van der Waals surface area contributed by atoms with Gasteiger partial charge in [-0.3, -0.25) is 15.0 Å². The summed E-state index contributed by atoms with van der Waals surface area (Å²) < 4.78 is 144. The van der Waals surface area contributed by atoms with Crippen LogP contribution in [0.3, 0.4) is 0 Å². The average Bonchev–Trinajstić information content (AvgIpc) is 1.67. The second-order valence-electron chi connectivity index (χ2n) is 30.8. The Balaban J connectivity index is 0.000000244. The van der Waals surface area contributed by atoms with E-state index in [9.17, 15) is 44.6 Å². The molecular formula is C83H100F9N9O12Si2. The van der Waals surface area contributed by atoms with E-state index in [0.717, 1.165) is 148 Å². The number of aliphatic hydroxyl groups is 1. The number of aryl methyl sites for hydroxylation is 2. The molecule has 21 nitrogen and oxygen atoms in total. The Morgan fingerprint density at radius 2 is 0.843 bits per heavy atom. The van der Waals surface area contributed by atoms with Gasteiger partial charge in [-0.25, -0.2) is 15.0 Å². The number of ether oxygens (including phenoxy) is 4. The molecule has 3 saturated carbocycles. The quantitative estimate of drug-likeness (QED) is 0.0305. The van der Waals surface area contributed by atoms with Crippen LogP contribution in [-0.4, -0.2) is 122 Å². The first kappa shape index (κ1) is 93.8. The van der Waals surface area contributed by atoms with E-state index in [0.29, 0.717) is 77.8 Å². The van der Waals surface area contributed by atoms with Crippen LogP contribution < -0.4 is 9.47 Å². The Kier molecular flexibility index (Phi) is 37.4. The molecule has 0 radical (unpaired) electrons. The van der Waals surface area contributed by atoms with Crippen molar-refractivity contribution >= 4 is 34.6 Å². The van der Waals surface area contributed by atoms with Gasteiger partial charge in [0.15, 0.2) is 11.4 Å². The molecule has 3 aromatic carbocycles. The molecule has 12 rings (SSSR count). The summed E-state index contributed by atoms with van der Waals surface area (Å²) in [6.45, 7) is 20.1. The van der Waals surface area contributed by atoms with Gasteiger partial charge in [-0.2, -0.15) is 68.3 Å². The smallest absolute Gasteiger partial charge is 0.434 e.